The van der Waals surface area contributed by atoms with E-state index in [9.17, 15) is 9.70 Å². The van der Waals surface area contributed by atoms with Crippen LogP contribution in [0.3, 0.4) is 0 Å². The Labute approximate surface area is 87.1 Å². The van der Waals surface area contributed by atoms with Gasteiger partial charge in [0, 0.05) is 17.4 Å². The molecule has 0 heterocycles. The lowest BCUT2D eigenvalue weighted by Crippen LogP contribution is -2.03. The van der Waals surface area contributed by atoms with E-state index in [0.717, 1.165) is 11.8 Å². The predicted octanol–water partition coefficient (Wildman–Crippen LogP) is 2.78. The fraction of sp³-hybridized carbons (Fsp3) is 0.300. The van der Waals surface area contributed by atoms with Gasteiger partial charge in [-0.05, 0) is 17.7 Å². The van der Waals surface area contributed by atoms with Gasteiger partial charge in [0.1, 0.15) is 6.29 Å². The van der Waals surface area contributed by atoms with Crippen LogP contribution >= 0.6 is 11.6 Å². The molecule has 0 unspecified atom stereocenters. The molecule has 3 nitrogen and oxygen atoms in total. The van der Waals surface area contributed by atoms with E-state index >= 15 is 0 Å². The Bertz CT molecular complexity index is 300. The first-order valence-electron chi connectivity index (χ1n) is 4.26. The second-order valence-corrected chi connectivity index (χ2v) is 3.40. The second-order valence-electron chi connectivity index (χ2n) is 2.96. The van der Waals surface area contributed by atoms with Crippen molar-refractivity contribution in [1.82, 2.24) is 0 Å². The van der Waals surface area contributed by atoms with Crippen molar-refractivity contribution in [3.63, 3.8) is 0 Å². The number of carbonyl (C=O) groups excluding carboxylic acids is 1. The molecule has 0 aliphatic rings. The molecule has 0 fully saturated rings. The molecule has 1 rings (SSSR count). The first kappa shape index (κ1) is 10.9. The zero-order valence-electron chi connectivity index (χ0n) is 7.52. The summed E-state index contributed by atoms with van der Waals surface area (Å²) in [6.45, 7) is 0.125. The normalized spacial score (nSPS) is 12.1. The second kappa shape index (κ2) is 5.50. The minimum absolute atomic E-state index is 0.123. The molecule has 0 aliphatic carbocycles. The SMILES string of the molecule is O=CC[C@@H](CN=O)c1ccc(Cl)cc1. The van der Waals surface area contributed by atoms with Crippen LogP contribution in [0.1, 0.15) is 17.9 Å². The highest BCUT2D eigenvalue weighted by molar-refractivity contribution is 6.30. The number of aldehydes is 1. The van der Waals surface area contributed by atoms with E-state index in [4.69, 9.17) is 11.6 Å². The van der Waals surface area contributed by atoms with Crippen molar-refractivity contribution in [2.24, 2.45) is 5.18 Å². The fourth-order valence-electron chi connectivity index (χ4n) is 1.26. The molecule has 0 bridgehead atoms. The lowest BCUT2D eigenvalue weighted by atomic mass is 9.97. The van der Waals surface area contributed by atoms with Gasteiger partial charge in [-0.25, -0.2) is 0 Å². The molecule has 0 saturated carbocycles. The Morgan fingerprint density at radius 2 is 2.00 bits per heavy atom. The highest BCUT2D eigenvalue weighted by Gasteiger charge is 2.10. The molecule has 0 aliphatic heterocycles. The van der Waals surface area contributed by atoms with Gasteiger partial charge in [0.2, 0.25) is 0 Å². The number of nitroso groups, excluding NO2 is 1. The van der Waals surface area contributed by atoms with Gasteiger partial charge in [-0.3, -0.25) is 0 Å². The standard InChI is InChI=1S/C10H10ClNO2/c11-10-3-1-8(2-4-10)9(5-6-13)7-12-14/h1-4,6,9H,5,7H2/t9-/m0/s1. The van der Waals surface area contributed by atoms with Gasteiger partial charge in [-0.1, -0.05) is 28.9 Å². The van der Waals surface area contributed by atoms with Crippen LogP contribution in [-0.4, -0.2) is 12.8 Å². The van der Waals surface area contributed by atoms with Crippen molar-refractivity contribution in [1.29, 1.82) is 0 Å². The Kier molecular flexibility index (Phi) is 4.26. The number of nitrogens with zero attached hydrogens (tertiary/aromatic N) is 1. The van der Waals surface area contributed by atoms with Gasteiger partial charge in [0.25, 0.3) is 0 Å². The Hall–Kier alpha value is -1.22. The monoisotopic (exact) mass is 211 g/mol. The number of hydrogen-bond donors (Lipinski definition) is 0. The van der Waals surface area contributed by atoms with E-state index < -0.39 is 0 Å². The van der Waals surface area contributed by atoms with Crippen molar-refractivity contribution in [2.45, 2.75) is 12.3 Å². The van der Waals surface area contributed by atoms with Crippen LogP contribution in [0.2, 0.25) is 5.02 Å². The van der Waals surface area contributed by atoms with E-state index in [0.29, 0.717) is 11.4 Å². The topological polar surface area (TPSA) is 46.5 Å². The molecule has 1 atom stereocenters. The van der Waals surface area contributed by atoms with Crippen LogP contribution in [0.4, 0.5) is 0 Å². The van der Waals surface area contributed by atoms with Crippen LogP contribution in [0.5, 0.6) is 0 Å². The van der Waals surface area contributed by atoms with Gasteiger partial charge in [0.15, 0.2) is 0 Å². The Morgan fingerprint density at radius 1 is 1.36 bits per heavy atom. The average molecular weight is 212 g/mol. The summed E-state index contributed by atoms with van der Waals surface area (Å²) in [5.41, 5.74) is 0.918. The van der Waals surface area contributed by atoms with E-state index in [1.54, 1.807) is 12.1 Å². The summed E-state index contributed by atoms with van der Waals surface area (Å²) >= 11 is 5.72. The van der Waals surface area contributed by atoms with Crippen molar-refractivity contribution in [3.05, 3.63) is 39.8 Å². The van der Waals surface area contributed by atoms with Crippen LogP contribution in [0.25, 0.3) is 0 Å². The minimum atomic E-state index is -0.123. The van der Waals surface area contributed by atoms with Crippen LogP contribution in [0.15, 0.2) is 29.4 Å². The van der Waals surface area contributed by atoms with Crippen LogP contribution < -0.4 is 0 Å². The smallest absolute Gasteiger partial charge is 0.120 e. The minimum Gasteiger partial charge on any atom is -0.303 e. The third-order valence-corrected chi connectivity index (χ3v) is 2.27. The van der Waals surface area contributed by atoms with E-state index in [1.807, 2.05) is 12.1 Å². The van der Waals surface area contributed by atoms with E-state index in [1.165, 1.54) is 0 Å². The first-order valence-corrected chi connectivity index (χ1v) is 4.64. The molecular weight excluding hydrogens is 202 g/mol. The summed E-state index contributed by atoms with van der Waals surface area (Å²) in [6, 6.07) is 7.09. The zero-order chi connectivity index (χ0) is 10.4. The number of benzene rings is 1. The maximum atomic E-state index is 10.4. The predicted molar refractivity (Wildman–Crippen MR) is 55.5 cm³/mol. The highest BCUT2D eigenvalue weighted by atomic mass is 35.5. The molecule has 1 aromatic rings. The molecular formula is C10H10ClNO2. The van der Waals surface area contributed by atoms with Crippen molar-refractivity contribution in [3.8, 4) is 0 Å². The molecule has 4 heteroatoms. The summed E-state index contributed by atoms with van der Waals surface area (Å²) in [5, 5.41) is 3.45. The molecule has 0 amide bonds. The van der Waals surface area contributed by atoms with Gasteiger partial charge in [-0.15, -0.1) is 0 Å². The fourth-order valence-corrected chi connectivity index (χ4v) is 1.38. The molecule has 0 radical (unpaired) electrons. The van der Waals surface area contributed by atoms with Gasteiger partial charge in [0.05, 0.1) is 6.54 Å². The third-order valence-electron chi connectivity index (χ3n) is 2.02. The molecule has 0 aromatic heterocycles. The van der Waals surface area contributed by atoms with Crippen LogP contribution in [0, 0.1) is 4.91 Å². The Balaban J connectivity index is 2.80. The maximum absolute atomic E-state index is 10.4. The average Bonchev–Trinajstić information content (AvgIpc) is 2.19. The van der Waals surface area contributed by atoms with Crippen LogP contribution in [-0.2, 0) is 4.79 Å². The molecule has 0 spiro atoms. The largest absolute Gasteiger partial charge is 0.303 e. The summed E-state index contributed by atoms with van der Waals surface area (Å²) in [4.78, 5) is 20.5. The summed E-state index contributed by atoms with van der Waals surface area (Å²) in [6.07, 6.45) is 1.11. The van der Waals surface area contributed by atoms with Crippen molar-refractivity contribution in [2.75, 3.05) is 6.54 Å². The molecule has 0 saturated heterocycles. The Morgan fingerprint density at radius 3 is 2.50 bits per heavy atom. The third kappa shape index (κ3) is 2.92. The maximum Gasteiger partial charge on any atom is 0.120 e. The highest BCUT2D eigenvalue weighted by Crippen LogP contribution is 2.21. The lowest BCUT2D eigenvalue weighted by Gasteiger charge is -2.09. The van der Waals surface area contributed by atoms with E-state index in [-0.39, 0.29) is 12.5 Å². The molecule has 74 valence electrons. The number of halogens is 1. The van der Waals surface area contributed by atoms with E-state index in [2.05, 4.69) is 5.18 Å². The molecule has 1 aromatic carbocycles. The number of carbonyl (C=O) groups is 1. The van der Waals surface area contributed by atoms with Gasteiger partial charge in [-0.2, -0.15) is 4.91 Å². The summed E-state index contributed by atoms with van der Waals surface area (Å²) in [5.74, 6) is -0.123. The summed E-state index contributed by atoms with van der Waals surface area (Å²) in [7, 11) is 0. The zero-order valence-corrected chi connectivity index (χ0v) is 8.28. The number of rotatable bonds is 5. The number of hydrogen-bond acceptors (Lipinski definition) is 3. The lowest BCUT2D eigenvalue weighted by molar-refractivity contribution is -0.108. The molecule has 14 heavy (non-hydrogen) atoms. The van der Waals surface area contributed by atoms with Gasteiger partial charge < -0.3 is 4.79 Å². The van der Waals surface area contributed by atoms with Crippen molar-refractivity contribution < 1.29 is 4.79 Å². The molecule has 0 N–H and O–H groups in total. The summed E-state index contributed by atoms with van der Waals surface area (Å²) < 4.78 is 0. The van der Waals surface area contributed by atoms with Crippen molar-refractivity contribution >= 4 is 17.9 Å². The van der Waals surface area contributed by atoms with Gasteiger partial charge >= 0.3 is 0 Å². The first-order chi connectivity index (χ1) is 6.77. The quantitative estimate of drug-likeness (QED) is 0.555.